The van der Waals surface area contributed by atoms with Gasteiger partial charge in [0.1, 0.15) is 5.69 Å². The molecule has 1 aromatic heterocycles. The molecule has 0 radical (unpaired) electrons. The lowest BCUT2D eigenvalue weighted by Crippen LogP contribution is -2.11. The van der Waals surface area contributed by atoms with E-state index in [0.29, 0.717) is 12.3 Å². The SMILES string of the molecule is O=S(=O)(F)c1nccc(C(F)(F)F)n1. The Kier molecular flexibility index (Phi) is 2.44. The van der Waals surface area contributed by atoms with Crippen molar-refractivity contribution in [2.24, 2.45) is 0 Å². The van der Waals surface area contributed by atoms with Crippen molar-refractivity contribution in [3.05, 3.63) is 18.0 Å². The summed E-state index contributed by atoms with van der Waals surface area (Å²) in [6.07, 6.45) is -4.31. The molecule has 0 aromatic carbocycles. The van der Waals surface area contributed by atoms with Crippen LogP contribution in [0, 0.1) is 0 Å². The van der Waals surface area contributed by atoms with Gasteiger partial charge in [-0.2, -0.15) is 21.6 Å². The number of alkyl halides is 3. The van der Waals surface area contributed by atoms with E-state index >= 15 is 0 Å². The minimum atomic E-state index is -5.31. The highest BCUT2D eigenvalue weighted by Crippen LogP contribution is 2.27. The van der Waals surface area contributed by atoms with Crippen molar-refractivity contribution in [2.75, 3.05) is 0 Å². The molecule has 1 heterocycles. The number of hydrogen-bond acceptors (Lipinski definition) is 4. The molecule has 0 unspecified atom stereocenters. The first-order valence-corrected chi connectivity index (χ1v) is 4.44. The number of aromatic nitrogens is 2. The van der Waals surface area contributed by atoms with Crippen molar-refractivity contribution in [2.45, 2.75) is 11.3 Å². The van der Waals surface area contributed by atoms with Crippen LogP contribution in [0.3, 0.4) is 0 Å². The van der Waals surface area contributed by atoms with Crippen LogP contribution < -0.4 is 0 Å². The lowest BCUT2D eigenvalue weighted by molar-refractivity contribution is -0.141. The minimum Gasteiger partial charge on any atom is -0.224 e. The Hall–Kier alpha value is -1.25. The van der Waals surface area contributed by atoms with Crippen LogP contribution in [0.4, 0.5) is 17.1 Å². The lowest BCUT2D eigenvalue weighted by Gasteiger charge is -2.04. The Labute approximate surface area is 75.8 Å². The molecule has 0 saturated carbocycles. The Bertz CT molecular complexity index is 441. The van der Waals surface area contributed by atoms with E-state index in [9.17, 15) is 25.5 Å². The van der Waals surface area contributed by atoms with Crippen LogP contribution in [-0.4, -0.2) is 18.4 Å². The largest absolute Gasteiger partial charge is 0.433 e. The molecule has 9 heteroatoms. The molecular formula is C5H2F4N2O2S. The monoisotopic (exact) mass is 230 g/mol. The third-order valence-electron chi connectivity index (χ3n) is 1.14. The summed E-state index contributed by atoms with van der Waals surface area (Å²) in [5, 5.41) is -1.49. The van der Waals surface area contributed by atoms with Crippen molar-refractivity contribution in [3.8, 4) is 0 Å². The highest BCUT2D eigenvalue weighted by Gasteiger charge is 2.34. The minimum absolute atomic E-state index is 0.439. The molecule has 1 rings (SSSR count). The molecule has 1 aromatic rings. The van der Waals surface area contributed by atoms with E-state index in [0.717, 1.165) is 0 Å². The maximum absolute atomic E-state index is 12.2. The molecule has 0 atom stereocenters. The Morgan fingerprint density at radius 3 is 2.29 bits per heavy atom. The average molecular weight is 230 g/mol. The van der Waals surface area contributed by atoms with Gasteiger partial charge in [0.05, 0.1) is 0 Å². The Morgan fingerprint density at radius 1 is 1.29 bits per heavy atom. The summed E-state index contributed by atoms with van der Waals surface area (Å²) in [6.45, 7) is 0. The molecule has 0 fully saturated rings. The quantitative estimate of drug-likeness (QED) is 0.412. The van der Waals surface area contributed by atoms with E-state index in [-0.39, 0.29) is 0 Å². The number of halogens is 4. The topological polar surface area (TPSA) is 59.9 Å². The smallest absolute Gasteiger partial charge is 0.224 e. The van der Waals surface area contributed by atoms with Gasteiger partial charge in [0.2, 0.25) is 0 Å². The van der Waals surface area contributed by atoms with Crippen LogP contribution in [0.1, 0.15) is 5.69 Å². The molecule has 0 amide bonds. The van der Waals surface area contributed by atoms with Crippen LogP contribution in [0.5, 0.6) is 0 Å². The van der Waals surface area contributed by atoms with E-state index in [4.69, 9.17) is 0 Å². The number of nitrogens with zero attached hydrogens (tertiary/aromatic N) is 2. The second-order valence-corrected chi connectivity index (χ2v) is 3.40. The second-order valence-electron chi connectivity index (χ2n) is 2.16. The maximum atomic E-state index is 12.2. The zero-order valence-electron chi connectivity index (χ0n) is 6.29. The Morgan fingerprint density at radius 2 is 1.86 bits per heavy atom. The molecule has 0 aliphatic rings. The van der Waals surface area contributed by atoms with Crippen LogP contribution in [0.15, 0.2) is 17.4 Å². The third kappa shape index (κ3) is 2.37. The van der Waals surface area contributed by atoms with Gasteiger partial charge in [-0.1, -0.05) is 3.89 Å². The molecule has 0 aliphatic carbocycles. The van der Waals surface area contributed by atoms with Crippen molar-refractivity contribution < 1.29 is 25.5 Å². The summed E-state index contributed by atoms with van der Waals surface area (Å²) in [6, 6.07) is 0.439. The van der Waals surface area contributed by atoms with Gasteiger partial charge in [-0.25, -0.2) is 9.97 Å². The van der Waals surface area contributed by atoms with Gasteiger partial charge in [0, 0.05) is 6.20 Å². The van der Waals surface area contributed by atoms with Crippen LogP contribution >= 0.6 is 0 Å². The third-order valence-corrected chi connectivity index (χ3v) is 1.77. The van der Waals surface area contributed by atoms with E-state index in [1.54, 1.807) is 0 Å². The molecule has 4 nitrogen and oxygen atoms in total. The fourth-order valence-electron chi connectivity index (χ4n) is 0.616. The maximum Gasteiger partial charge on any atom is 0.433 e. The van der Waals surface area contributed by atoms with Crippen molar-refractivity contribution >= 4 is 10.2 Å². The van der Waals surface area contributed by atoms with E-state index in [1.807, 2.05) is 0 Å². The van der Waals surface area contributed by atoms with Gasteiger partial charge in [-0.15, -0.1) is 0 Å². The van der Waals surface area contributed by atoms with Crippen LogP contribution in [0.25, 0.3) is 0 Å². The summed E-state index contributed by atoms with van der Waals surface area (Å²) in [5.74, 6) is 0. The van der Waals surface area contributed by atoms with Gasteiger partial charge in [0.15, 0.2) is 0 Å². The summed E-state index contributed by atoms with van der Waals surface area (Å²) in [5.41, 5.74) is -1.51. The van der Waals surface area contributed by atoms with Crippen LogP contribution in [-0.2, 0) is 16.4 Å². The highest BCUT2D eigenvalue weighted by molar-refractivity contribution is 7.86. The molecule has 0 saturated heterocycles. The van der Waals surface area contributed by atoms with Crippen molar-refractivity contribution in [1.82, 2.24) is 9.97 Å². The Balaban J connectivity index is 3.29. The predicted molar refractivity (Wildman–Crippen MR) is 35.3 cm³/mol. The average Bonchev–Trinajstić information content (AvgIpc) is 2.01. The van der Waals surface area contributed by atoms with Crippen molar-refractivity contribution in [1.29, 1.82) is 0 Å². The summed E-state index contributed by atoms with van der Waals surface area (Å²) < 4.78 is 68.3. The van der Waals surface area contributed by atoms with Crippen molar-refractivity contribution in [3.63, 3.8) is 0 Å². The number of rotatable bonds is 1. The molecule has 14 heavy (non-hydrogen) atoms. The van der Waals surface area contributed by atoms with Gasteiger partial charge in [0.25, 0.3) is 5.16 Å². The fraction of sp³-hybridized carbons (Fsp3) is 0.200. The first-order valence-electron chi connectivity index (χ1n) is 3.06. The second kappa shape index (κ2) is 3.15. The van der Waals surface area contributed by atoms with Crippen LogP contribution in [0.2, 0.25) is 0 Å². The fourth-order valence-corrected chi connectivity index (χ4v) is 1.01. The lowest BCUT2D eigenvalue weighted by atomic mass is 10.4. The van der Waals surface area contributed by atoms with E-state index in [1.165, 1.54) is 0 Å². The van der Waals surface area contributed by atoms with E-state index in [2.05, 4.69) is 9.97 Å². The predicted octanol–water partition coefficient (Wildman–Crippen LogP) is 1.15. The molecule has 0 aliphatic heterocycles. The molecule has 0 bridgehead atoms. The zero-order valence-corrected chi connectivity index (χ0v) is 7.10. The molecule has 78 valence electrons. The normalized spacial score (nSPS) is 12.9. The molecule has 0 spiro atoms. The summed E-state index contributed by atoms with van der Waals surface area (Å²) >= 11 is 0. The van der Waals surface area contributed by atoms with Gasteiger partial charge in [-0.05, 0) is 6.07 Å². The standard InChI is InChI=1S/C5H2F4N2O2S/c6-5(7,8)3-1-2-10-4(11-3)14(9,12)13/h1-2H. The first kappa shape index (κ1) is 10.8. The summed E-state index contributed by atoms with van der Waals surface area (Å²) in [7, 11) is -5.31. The van der Waals surface area contributed by atoms with Gasteiger partial charge in [-0.3, -0.25) is 0 Å². The van der Waals surface area contributed by atoms with Gasteiger partial charge >= 0.3 is 16.4 Å². The zero-order chi connectivity index (χ0) is 11.0. The van der Waals surface area contributed by atoms with E-state index < -0.39 is 27.2 Å². The first-order chi connectivity index (χ1) is 6.21. The highest BCUT2D eigenvalue weighted by atomic mass is 32.3. The van der Waals surface area contributed by atoms with Gasteiger partial charge < -0.3 is 0 Å². The molecule has 0 N–H and O–H groups in total. The molecular weight excluding hydrogens is 228 g/mol. The summed E-state index contributed by atoms with van der Waals surface area (Å²) in [4.78, 5) is 5.37. The number of hydrogen-bond donors (Lipinski definition) is 0.